The van der Waals surface area contributed by atoms with Crippen molar-refractivity contribution >= 4 is 30.0 Å². The van der Waals surface area contributed by atoms with Gasteiger partial charge in [0.15, 0.2) is 0 Å². The normalized spacial score (nSPS) is 25.8. The molecule has 1 fully saturated rings. The van der Waals surface area contributed by atoms with Gasteiger partial charge in [0.25, 0.3) is 5.91 Å². The number of esters is 1. The van der Waals surface area contributed by atoms with Gasteiger partial charge in [0, 0.05) is 5.75 Å². The monoisotopic (exact) mass is 298 g/mol. The number of fused-ring (bicyclic) bond motifs is 1. The molecule has 7 heteroatoms. The number of hydrogen-bond donors (Lipinski definition) is 1. The Morgan fingerprint density at radius 1 is 1.50 bits per heavy atom. The lowest BCUT2D eigenvalue weighted by Crippen LogP contribution is -2.69. The molecule has 0 bridgehead atoms. The van der Waals surface area contributed by atoms with Gasteiger partial charge in [-0.05, 0) is 33.3 Å². The first-order chi connectivity index (χ1) is 9.26. The van der Waals surface area contributed by atoms with E-state index in [1.807, 2.05) is 6.92 Å². The number of carbonyl (C=O) groups is 3. The van der Waals surface area contributed by atoms with E-state index in [4.69, 9.17) is 4.74 Å². The zero-order valence-electron chi connectivity index (χ0n) is 11.9. The fourth-order valence-electron chi connectivity index (χ4n) is 2.18. The van der Waals surface area contributed by atoms with Crippen LogP contribution in [0.1, 0.15) is 27.7 Å². The Kier molecular flexibility index (Phi) is 3.82. The van der Waals surface area contributed by atoms with Gasteiger partial charge in [-0.2, -0.15) is 0 Å². The molecule has 2 rings (SSSR count). The molecule has 20 heavy (non-hydrogen) atoms. The number of β-lactam (4-membered cyclic amide) rings is 1. The summed E-state index contributed by atoms with van der Waals surface area (Å²) in [5.74, 6) is -0.118. The Balaban J connectivity index is 2.22. The van der Waals surface area contributed by atoms with E-state index in [1.165, 1.54) is 16.7 Å². The van der Waals surface area contributed by atoms with Gasteiger partial charge in [0.1, 0.15) is 22.7 Å². The van der Waals surface area contributed by atoms with E-state index in [0.29, 0.717) is 17.9 Å². The number of carbonyl (C=O) groups excluding carboxylic acids is 3. The smallest absolute Gasteiger partial charge is 0.355 e. The van der Waals surface area contributed by atoms with E-state index in [-0.39, 0.29) is 11.3 Å². The molecule has 0 spiro atoms. The van der Waals surface area contributed by atoms with Crippen molar-refractivity contribution in [3.8, 4) is 0 Å². The summed E-state index contributed by atoms with van der Waals surface area (Å²) in [4.78, 5) is 36.2. The van der Waals surface area contributed by atoms with E-state index in [9.17, 15) is 14.4 Å². The van der Waals surface area contributed by atoms with Crippen LogP contribution in [-0.2, 0) is 19.1 Å². The van der Waals surface area contributed by atoms with Gasteiger partial charge in [-0.3, -0.25) is 14.5 Å². The van der Waals surface area contributed by atoms with Gasteiger partial charge in [-0.25, -0.2) is 4.79 Å². The van der Waals surface area contributed by atoms with Gasteiger partial charge in [0.05, 0.1) is 0 Å². The maximum atomic E-state index is 12.3. The fraction of sp³-hybridized carbons (Fsp3) is 0.615. The molecule has 0 aromatic carbocycles. The van der Waals surface area contributed by atoms with Crippen LogP contribution in [0.3, 0.4) is 0 Å². The summed E-state index contributed by atoms with van der Waals surface area (Å²) in [6, 6.07) is -0.553. The predicted octanol–water partition coefficient (Wildman–Crippen LogP) is 0.632. The van der Waals surface area contributed by atoms with Crippen molar-refractivity contribution in [1.29, 1.82) is 0 Å². The van der Waals surface area contributed by atoms with E-state index < -0.39 is 17.6 Å². The summed E-state index contributed by atoms with van der Waals surface area (Å²) in [5.41, 5.74) is 0.523. The molecule has 0 unspecified atom stereocenters. The molecule has 0 aromatic rings. The predicted molar refractivity (Wildman–Crippen MR) is 74.6 cm³/mol. The quantitative estimate of drug-likeness (QED) is 0.470. The second-order valence-corrected chi connectivity index (χ2v) is 6.91. The van der Waals surface area contributed by atoms with Gasteiger partial charge < -0.3 is 10.1 Å². The summed E-state index contributed by atoms with van der Waals surface area (Å²) in [6.07, 6.45) is 0.513. The van der Waals surface area contributed by atoms with Crippen molar-refractivity contribution in [2.75, 3.05) is 5.75 Å². The Hall–Kier alpha value is -1.50. The zero-order chi connectivity index (χ0) is 15.1. The summed E-state index contributed by atoms with van der Waals surface area (Å²) in [7, 11) is 0. The average Bonchev–Trinajstić information content (AvgIpc) is 2.33. The maximum absolute atomic E-state index is 12.3. The lowest BCUT2D eigenvalue weighted by Gasteiger charge is -2.49. The number of thioether (sulfide) groups is 1. The highest BCUT2D eigenvalue weighted by Crippen LogP contribution is 2.40. The minimum absolute atomic E-state index is 0.223. The van der Waals surface area contributed by atoms with E-state index in [0.717, 1.165) is 5.57 Å². The zero-order valence-corrected chi connectivity index (χ0v) is 12.7. The second kappa shape index (κ2) is 5.12. The Morgan fingerprint density at radius 2 is 2.15 bits per heavy atom. The number of amides is 2. The van der Waals surface area contributed by atoms with E-state index in [1.54, 1.807) is 20.8 Å². The molecule has 2 atom stereocenters. The molecule has 2 amide bonds. The van der Waals surface area contributed by atoms with Gasteiger partial charge in [0.2, 0.25) is 6.41 Å². The van der Waals surface area contributed by atoms with Crippen molar-refractivity contribution in [3.05, 3.63) is 11.3 Å². The Morgan fingerprint density at radius 3 is 2.70 bits per heavy atom. The molecule has 2 heterocycles. The van der Waals surface area contributed by atoms with Gasteiger partial charge in [-0.1, -0.05) is 0 Å². The van der Waals surface area contributed by atoms with Crippen LogP contribution < -0.4 is 5.32 Å². The third-order valence-corrected chi connectivity index (χ3v) is 4.42. The standard InChI is InChI=1S/C13H18N2O4S/c1-7-5-20-11-8(14-6-16)10(17)15(11)9(7)12(18)19-13(2,3)4/h6,8,11H,5H2,1-4H3,(H,14,16)/t8-,11-/m1/s1. The first-order valence-corrected chi connectivity index (χ1v) is 7.38. The SMILES string of the molecule is CC1=C(C(=O)OC(C)(C)C)N2C(=O)[C@@H](NC=O)[C@H]2SC1. The molecule has 1 N–H and O–H groups in total. The van der Waals surface area contributed by atoms with Crippen molar-refractivity contribution in [3.63, 3.8) is 0 Å². The van der Waals surface area contributed by atoms with Crippen molar-refractivity contribution in [2.45, 2.75) is 44.7 Å². The molecule has 110 valence electrons. The maximum Gasteiger partial charge on any atom is 0.355 e. The number of rotatable bonds is 3. The van der Waals surface area contributed by atoms with Crippen LogP contribution in [0.5, 0.6) is 0 Å². The first kappa shape index (κ1) is 14.9. The third kappa shape index (κ3) is 2.54. The van der Waals surface area contributed by atoms with E-state index in [2.05, 4.69) is 5.32 Å². The van der Waals surface area contributed by atoms with Gasteiger partial charge >= 0.3 is 5.97 Å². The van der Waals surface area contributed by atoms with Crippen LogP contribution >= 0.6 is 11.8 Å². The molecule has 0 saturated carbocycles. The molecule has 1 saturated heterocycles. The van der Waals surface area contributed by atoms with Gasteiger partial charge in [-0.15, -0.1) is 11.8 Å². The minimum Gasteiger partial charge on any atom is -0.455 e. The molecule has 2 aliphatic heterocycles. The summed E-state index contributed by atoms with van der Waals surface area (Å²) in [6.45, 7) is 7.16. The minimum atomic E-state index is -0.612. The summed E-state index contributed by atoms with van der Waals surface area (Å²) >= 11 is 1.53. The van der Waals surface area contributed by atoms with Crippen LogP contribution in [-0.4, -0.2) is 46.0 Å². The molecule has 2 aliphatic rings. The average molecular weight is 298 g/mol. The Labute approximate surface area is 121 Å². The molecular weight excluding hydrogens is 280 g/mol. The van der Waals surface area contributed by atoms with Crippen LogP contribution in [0.4, 0.5) is 0 Å². The highest BCUT2D eigenvalue weighted by Gasteiger charge is 2.53. The molecule has 0 radical (unpaired) electrons. The second-order valence-electron chi connectivity index (χ2n) is 5.80. The summed E-state index contributed by atoms with van der Waals surface area (Å²) < 4.78 is 5.35. The van der Waals surface area contributed by atoms with Crippen LogP contribution in [0.2, 0.25) is 0 Å². The van der Waals surface area contributed by atoms with Crippen LogP contribution in [0, 0.1) is 0 Å². The highest BCUT2D eigenvalue weighted by molar-refractivity contribution is 8.00. The van der Waals surface area contributed by atoms with Crippen LogP contribution in [0.15, 0.2) is 11.3 Å². The van der Waals surface area contributed by atoms with Crippen LogP contribution in [0.25, 0.3) is 0 Å². The molecular formula is C13H18N2O4S. The molecule has 0 aromatic heterocycles. The molecule has 6 nitrogen and oxygen atoms in total. The number of nitrogens with one attached hydrogen (secondary N) is 1. The largest absolute Gasteiger partial charge is 0.455 e. The summed E-state index contributed by atoms with van der Waals surface area (Å²) in [5, 5.41) is 2.26. The van der Waals surface area contributed by atoms with Crippen molar-refractivity contribution in [2.24, 2.45) is 0 Å². The number of nitrogens with zero attached hydrogens (tertiary/aromatic N) is 1. The van der Waals surface area contributed by atoms with Crippen molar-refractivity contribution in [1.82, 2.24) is 10.2 Å². The molecule has 0 aliphatic carbocycles. The topological polar surface area (TPSA) is 75.7 Å². The van der Waals surface area contributed by atoms with E-state index >= 15 is 0 Å². The number of hydrogen-bond acceptors (Lipinski definition) is 5. The number of ether oxygens (including phenoxy) is 1. The lowest BCUT2D eigenvalue weighted by atomic mass is 10.0. The Bertz CT molecular complexity index is 495. The van der Waals surface area contributed by atoms with Crippen molar-refractivity contribution < 1.29 is 19.1 Å². The first-order valence-electron chi connectivity index (χ1n) is 6.33. The lowest BCUT2D eigenvalue weighted by molar-refractivity contribution is -0.158. The fourth-order valence-corrected chi connectivity index (χ4v) is 3.49. The third-order valence-electron chi connectivity index (χ3n) is 3.00. The highest BCUT2D eigenvalue weighted by atomic mass is 32.2.